The van der Waals surface area contributed by atoms with Crippen molar-refractivity contribution in [3.63, 3.8) is 0 Å². The third kappa shape index (κ3) is 4.10. The maximum Gasteiger partial charge on any atom is 0.116 e. The summed E-state index contributed by atoms with van der Waals surface area (Å²) in [5.41, 5.74) is 1.87. The molecule has 0 atom stereocenters. The molecule has 4 aromatic carbocycles. The fourth-order valence-corrected chi connectivity index (χ4v) is 8.06. The van der Waals surface area contributed by atoms with Gasteiger partial charge in [-0.3, -0.25) is 0 Å². The van der Waals surface area contributed by atoms with Gasteiger partial charge >= 0.3 is 0 Å². The van der Waals surface area contributed by atoms with Crippen LogP contribution in [0.3, 0.4) is 0 Å². The molecular weight excluding hydrogens is 393 g/mol. The van der Waals surface area contributed by atoms with Gasteiger partial charge in [-0.15, -0.1) is 0 Å². The second-order valence-electron chi connectivity index (χ2n) is 6.74. The van der Waals surface area contributed by atoms with Gasteiger partial charge < -0.3 is 12.4 Å². The van der Waals surface area contributed by atoms with Gasteiger partial charge in [-0.2, -0.15) is 5.26 Å². The second-order valence-corrected chi connectivity index (χ2v) is 10.2. The van der Waals surface area contributed by atoms with Crippen LogP contribution in [0.5, 0.6) is 0 Å². The highest BCUT2D eigenvalue weighted by Crippen LogP contribution is 2.58. The van der Waals surface area contributed by atoms with E-state index in [2.05, 4.69) is 103 Å². The fourth-order valence-electron chi connectivity index (χ4n) is 3.79. The summed E-state index contributed by atoms with van der Waals surface area (Å²) < 4.78 is 0. The molecule has 0 aliphatic rings. The van der Waals surface area contributed by atoms with Gasteiger partial charge in [-0.05, 0) is 42.5 Å². The van der Waals surface area contributed by atoms with Crippen molar-refractivity contribution in [3.8, 4) is 6.07 Å². The minimum absolute atomic E-state index is 0. The second kappa shape index (κ2) is 9.53. The zero-order valence-electron chi connectivity index (χ0n) is 15.9. The van der Waals surface area contributed by atoms with E-state index >= 15 is 0 Å². The van der Waals surface area contributed by atoms with Gasteiger partial charge in [0.1, 0.15) is 23.2 Å². The Balaban J connectivity index is 0.00000240. The number of nitrogens with zero attached hydrogens (tertiary/aromatic N) is 1. The molecule has 0 spiro atoms. The molecule has 0 saturated heterocycles. The molecule has 4 aromatic rings. The number of hydrogen-bond donors (Lipinski definition) is 0. The highest BCUT2D eigenvalue weighted by Gasteiger charge is 2.45. The van der Waals surface area contributed by atoms with Gasteiger partial charge in [0.15, 0.2) is 0 Å². The van der Waals surface area contributed by atoms with Crippen LogP contribution in [0.4, 0.5) is 0 Å². The van der Waals surface area contributed by atoms with Crippen LogP contribution in [-0.4, -0.2) is 0 Å². The molecule has 0 fully saturated rings. The van der Waals surface area contributed by atoms with Crippen LogP contribution in [-0.2, 0) is 6.16 Å². The Morgan fingerprint density at radius 2 is 0.931 bits per heavy atom. The topological polar surface area (TPSA) is 23.8 Å². The molecule has 29 heavy (non-hydrogen) atoms. The van der Waals surface area contributed by atoms with Crippen molar-refractivity contribution in [1.82, 2.24) is 0 Å². The standard InChI is InChI=1S/C26H21NP.ClH/c27-20-22-12-10-11-13-23(22)21-28(24-14-4-1-5-15-24,25-16-6-2-7-17-25)26-18-8-3-9-19-26;/h1-19H,21H2;1H/q+1;/p-1. The van der Waals surface area contributed by atoms with Crippen molar-refractivity contribution >= 4 is 23.2 Å². The lowest BCUT2D eigenvalue weighted by Crippen LogP contribution is -3.00. The molecule has 0 saturated carbocycles. The molecule has 3 heteroatoms. The van der Waals surface area contributed by atoms with Gasteiger partial charge in [0.2, 0.25) is 0 Å². The lowest BCUT2D eigenvalue weighted by molar-refractivity contribution is -0.00000565. The summed E-state index contributed by atoms with van der Waals surface area (Å²) in [6.07, 6.45) is 0.828. The Morgan fingerprint density at radius 1 is 0.552 bits per heavy atom. The van der Waals surface area contributed by atoms with Gasteiger partial charge in [0.25, 0.3) is 0 Å². The summed E-state index contributed by atoms with van der Waals surface area (Å²) in [4.78, 5) is 0. The number of benzene rings is 4. The van der Waals surface area contributed by atoms with E-state index in [1.54, 1.807) is 0 Å². The predicted molar refractivity (Wildman–Crippen MR) is 120 cm³/mol. The minimum Gasteiger partial charge on any atom is -1.00 e. The largest absolute Gasteiger partial charge is 1.00 e. The van der Waals surface area contributed by atoms with E-state index in [0.29, 0.717) is 0 Å². The maximum absolute atomic E-state index is 9.69. The van der Waals surface area contributed by atoms with E-state index < -0.39 is 7.26 Å². The van der Waals surface area contributed by atoms with Gasteiger partial charge in [0, 0.05) is 5.56 Å². The summed E-state index contributed by atoms with van der Waals surface area (Å²) in [6, 6.07) is 42.7. The summed E-state index contributed by atoms with van der Waals surface area (Å²) in [6.45, 7) is 0. The molecule has 1 nitrogen and oxygen atoms in total. The first kappa shape index (κ1) is 20.8. The summed E-state index contributed by atoms with van der Waals surface area (Å²) in [7, 11) is -1.97. The van der Waals surface area contributed by atoms with Crippen molar-refractivity contribution in [2.45, 2.75) is 6.16 Å². The molecule has 0 aliphatic carbocycles. The first-order chi connectivity index (χ1) is 13.8. The van der Waals surface area contributed by atoms with Crippen molar-refractivity contribution in [2.24, 2.45) is 0 Å². The molecule has 0 aliphatic heterocycles. The number of rotatable bonds is 5. The molecule has 0 N–H and O–H groups in total. The monoisotopic (exact) mass is 413 g/mol. The third-order valence-corrected chi connectivity index (χ3v) is 9.49. The molecule has 0 aromatic heterocycles. The number of hydrogen-bond acceptors (Lipinski definition) is 1. The number of nitriles is 1. The van der Waals surface area contributed by atoms with Crippen molar-refractivity contribution in [1.29, 1.82) is 5.26 Å². The van der Waals surface area contributed by atoms with Gasteiger partial charge in [0.05, 0.1) is 17.8 Å². The molecule has 142 valence electrons. The molecule has 4 rings (SSSR count). The average Bonchev–Trinajstić information content (AvgIpc) is 2.79. The molecule has 0 radical (unpaired) electrons. The van der Waals surface area contributed by atoms with E-state index in [-0.39, 0.29) is 12.4 Å². The Morgan fingerprint density at radius 3 is 1.34 bits per heavy atom. The van der Waals surface area contributed by atoms with Gasteiger partial charge in [-0.1, -0.05) is 72.8 Å². The van der Waals surface area contributed by atoms with E-state index in [0.717, 1.165) is 17.3 Å². The zero-order chi connectivity index (χ0) is 19.2. The quantitative estimate of drug-likeness (QED) is 0.459. The summed E-state index contributed by atoms with van der Waals surface area (Å²) >= 11 is 0. The van der Waals surface area contributed by atoms with Crippen molar-refractivity contribution in [2.75, 3.05) is 0 Å². The Labute approximate surface area is 179 Å². The van der Waals surface area contributed by atoms with Crippen molar-refractivity contribution < 1.29 is 12.4 Å². The third-order valence-electron chi connectivity index (χ3n) is 5.14. The van der Waals surface area contributed by atoms with Crippen molar-refractivity contribution in [3.05, 3.63) is 126 Å². The highest BCUT2D eigenvalue weighted by molar-refractivity contribution is 7.95. The first-order valence-electron chi connectivity index (χ1n) is 9.37. The molecule has 0 bridgehead atoms. The molecule has 0 heterocycles. The fraction of sp³-hybridized carbons (Fsp3) is 0.0385. The average molecular weight is 414 g/mol. The Kier molecular flexibility index (Phi) is 6.84. The van der Waals surface area contributed by atoms with Gasteiger partial charge in [-0.25, -0.2) is 0 Å². The Bertz CT molecular complexity index is 993. The van der Waals surface area contributed by atoms with Crippen LogP contribution >= 0.6 is 7.26 Å². The lowest BCUT2D eigenvalue weighted by Gasteiger charge is -2.28. The maximum atomic E-state index is 9.69. The number of halogens is 1. The first-order valence-corrected chi connectivity index (χ1v) is 11.3. The van der Waals surface area contributed by atoms with Crippen LogP contribution < -0.4 is 28.3 Å². The Hall–Kier alpha value is -2.91. The zero-order valence-corrected chi connectivity index (χ0v) is 17.6. The molecular formula is C26H21ClNP. The van der Waals surface area contributed by atoms with Crippen LogP contribution in [0.1, 0.15) is 11.1 Å². The minimum atomic E-state index is -1.97. The van der Waals surface area contributed by atoms with Crippen LogP contribution in [0.2, 0.25) is 0 Å². The van der Waals surface area contributed by atoms with E-state index in [9.17, 15) is 5.26 Å². The lowest BCUT2D eigenvalue weighted by atomic mass is 10.1. The van der Waals surface area contributed by atoms with Crippen LogP contribution in [0.15, 0.2) is 115 Å². The predicted octanol–water partition coefficient (Wildman–Crippen LogP) is 2.06. The molecule has 0 unspecified atom stereocenters. The SMILES string of the molecule is N#Cc1ccccc1C[P+](c1ccccc1)(c1ccccc1)c1ccccc1.[Cl-]. The van der Waals surface area contributed by atoms with E-state index in [4.69, 9.17) is 0 Å². The summed E-state index contributed by atoms with van der Waals surface area (Å²) in [5.74, 6) is 0. The highest BCUT2D eigenvalue weighted by atomic mass is 35.5. The van der Waals surface area contributed by atoms with Crippen LogP contribution in [0.25, 0.3) is 0 Å². The molecule has 0 amide bonds. The smallest absolute Gasteiger partial charge is 0.116 e. The summed E-state index contributed by atoms with van der Waals surface area (Å²) in [5, 5.41) is 13.7. The normalized spacial score (nSPS) is 10.6. The van der Waals surface area contributed by atoms with E-state index in [1.807, 2.05) is 18.2 Å². The van der Waals surface area contributed by atoms with E-state index in [1.165, 1.54) is 15.9 Å². The van der Waals surface area contributed by atoms with Crippen LogP contribution in [0, 0.1) is 11.3 Å².